The van der Waals surface area contributed by atoms with Crippen LogP contribution in [0.4, 0.5) is 13.2 Å². The molecule has 1 aromatic heterocycles. The summed E-state index contributed by atoms with van der Waals surface area (Å²) in [4.78, 5) is 4.27. The summed E-state index contributed by atoms with van der Waals surface area (Å²) < 4.78 is 43.4. The molecule has 0 spiro atoms. The largest absolute Gasteiger partial charge is 0.431 e. The van der Waals surface area contributed by atoms with Crippen LogP contribution in [-0.2, 0) is 11.9 Å². The molecule has 2 nitrogen and oxygen atoms in total. The van der Waals surface area contributed by atoms with Crippen molar-refractivity contribution in [2.24, 2.45) is 0 Å². The summed E-state index contributed by atoms with van der Waals surface area (Å²) in [5.41, 5.74) is 1.35. The first kappa shape index (κ1) is 14.0. The zero-order valence-corrected chi connectivity index (χ0v) is 11.5. The van der Waals surface area contributed by atoms with Crippen LogP contribution >= 0.6 is 11.8 Å². The monoisotopic (exact) mass is 309 g/mol. The van der Waals surface area contributed by atoms with E-state index in [9.17, 15) is 13.2 Å². The highest BCUT2D eigenvalue weighted by Crippen LogP contribution is 2.31. The molecule has 0 aliphatic heterocycles. The lowest BCUT2D eigenvalue weighted by molar-refractivity contribution is -0.137. The predicted octanol–water partition coefficient (Wildman–Crippen LogP) is 5.14. The summed E-state index contributed by atoms with van der Waals surface area (Å²) in [6, 6.07) is 12.6. The van der Waals surface area contributed by atoms with Crippen LogP contribution in [0.3, 0.4) is 0 Å². The summed E-state index contributed by atoms with van der Waals surface area (Å²) in [5, 5.41) is 0.452. The Bertz CT molecular complexity index is 734. The molecule has 0 radical (unpaired) electrons. The van der Waals surface area contributed by atoms with E-state index in [1.165, 1.54) is 17.8 Å². The number of benzene rings is 2. The van der Waals surface area contributed by atoms with Gasteiger partial charge in [-0.15, -0.1) is 0 Å². The maximum absolute atomic E-state index is 12.6. The third kappa shape index (κ3) is 3.21. The van der Waals surface area contributed by atoms with Crippen LogP contribution in [0.5, 0.6) is 0 Å². The summed E-state index contributed by atoms with van der Waals surface area (Å²) in [6.45, 7) is 0. The average molecular weight is 309 g/mol. The van der Waals surface area contributed by atoms with Crippen LogP contribution in [0.15, 0.2) is 58.2 Å². The van der Waals surface area contributed by atoms with Gasteiger partial charge in [-0.2, -0.15) is 13.2 Å². The van der Waals surface area contributed by atoms with Crippen LogP contribution in [0, 0.1) is 0 Å². The van der Waals surface area contributed by atoms with E-state index in [4.69, 9.17) is 4.42 Å². The SMILES string of the molecule is FC(F)(F)c1cccc(CSc2nc3ccccc3o2)c1. The standard InChI is InChI=1S/C15H10F3NOS/c16-15(17,18)11-5-3-4-10(8-11)9-21-14-19-12-6-1-2-7-13(12)20-14/h1-8H,9H2. The lowest BCUT2D eigenvalue weighted by atomic mass is 10.1. The van der Waals surface area contributed by atoms with Gasteiger partial charge in [-0.25, -0.2) is 4.98 Å². The zero-order valence-electron chi connectivity index (χ0n) is 10.7. The number of oxazole rings is 1. The van der Waals surface area contributed by atoms with Crippen molar-refractivity contribution < 1.29 is 17.6 Å². The molecule has 0 N–H and O–H groups in total. The van der Waals surface area contributed by atoms with Crippen molar-refractivity contribution in [3.63, 3.8) is 0 Å². The highest BCUT2D eigenvalue weighted by molar-refractivity contribution is 7.98. The molecule has 1 heterocycles. The number of rotatable bonds is 3. The molecule has 0 aliphatic carbocycles. The smallest absolute Gasteiger partial charge is 0.416 e. The number of nitrogens with zero attached hydrogens (tertiary/aromatic N) is 1. The second-order valence-electron chi connectivity index (χ2n) is 4.43. The first-order valence-corrected chi connectivity index (χ1v) is 7.15. The van der Waals surface area contributed by atoms with Crippen LogP contribution in [0.25, 0.3) is 11.1 Å². The first-order chi connectivity index (χ1) is 10.0. The Hall–Kier alpha value is -1.95. The fourth-order valence-corrected chi connectivity index (χ4v) is 2.68. The van der Waals surface area contributed by atoms with E-state index in [-0.39, 0.29) is 0 Å². The van der Waals surface area contributed by atoms with Gasteiger partial charge in [0.2, 0.25) is 0 Å². The quantitative estimate of drug-likeness (QED) is 0.627. The molecule has 0 unspecified atom stereocenters. The van der Waals surface area contributed by atoms with Gasteiger partial charge in [0.15, 0.2) is 5.58 Å². The fourth-order valence-electron chi connectivity index (χ4n) is 1.90. The van der Waals surface area contributed by atoms with E-state index in [1.54, 1.807) is 12.1 Å². The summed E-state index contributed by atoms with van der Waals surface area (Å²) in [6.07, 6.45) is -4.32. The van der Waals surface area contributed by atoms with Gasteiger partial charge in [0, 0.05) is 5.75 Å². The Balaban J connectivity index is 1.75. The summed E-state index contributed by atoms with van der Waals surface area (Å²) in [7, 11) is 0. The molecular weight excluding hydrogens is 299 g/mol. The van der Waals surface area contributed by atoms with E-state index in [1.807, 2.05) is 18.2 Å². The van der Waals surface area contributed by atoms with E-state index < -0.39 is 11.7 Å². The minimum atomic E-state index is -4.32. The topological polar surface area (TPSA) is 26.0 Å². The highest BCUT2D eigenvalue weighted by atomic mass is 32.2. The second kappa shape index (κ2) is 5.44. The molecule has 0 bridgehead atoms. The average Bonchev–Trinajstić information content (AvgIpc) is 2.87. The molecular formula is C15H10F3NOS. The van der Waals surface area contributed by atoms with Gasteiger partial charge >= 0.3 is 6.18 Å². The lowest BCUT2D eigenvalue weighted by Gasteiger charge is -2.07. The molecule has 0 fully saturated rings. The van der Waals surface area contributed by atoms with Gasteiger partial charge in [0.1, 0.15) is 5.52 Å². The lowest BCUT2D eigenvalue weighted by Crippen LogP contribution is -2.04. The Kier molecular flexibility index (Phi) is 3.63. The van der Waals surface area contributed by atoms with E-state index in [0.717, 1.165) is 17.6 Å². The molecule has 2 aromatic carbocycles. The molecule has 21 heavy (non-hydrogen) atoms. The molecule has 6 heteroatoms. The number of alkyl halides is 3. The van der Waals surface area contributed by atoms with Gasteiger partial charge < -0.3 is 4.42 Å². The van der Waals surface area contributed by atoms with E-state index in [2.05, 4.69) is 4.98 Å². The van der Waals surface area contributed by atoms with Crippen molar-refractivity contribution in [3.8, 4) is 0 Å². The summed E-state index contributed by atoms with van der Waals surface area (Å²) in [5.74, 6) is 0.372. The number of hydrogen-bond acceptors (Lipinski definition) is 3. The number of halogens is 3. The molecule has 3 aromatic rings. The molecule has 0 saturated carbocycles. The third-order valence-electron chi connectivity index (χ3n) is 2.89. The van der Waals surface area contributed by atoms with Gasteiger partial charge in [0.25, 0.3) is 5.22 Å². The van der Waals surface area contributed by atoms with Crippen LogP contribution in [0.1, 0.15) is 11.1 Å². The van der Waals surface area contributed by atoms with Gasteiger partial charge in [-0.3, -0.25) is 0 Å². The molecule has 3 rings (SSSR count). The molecule has 0 amide bonds. The van der Waals surface area contributed by atoms with Crippen molar-refractivity contribution in [2.45, 2.75) is 17.2 Å². The Morgan fingerprint density at radius 1 is 1.05 bits per heavy atom. The molecule has 108 valence electrons. The fraction of sp³-hybridized carbons (Fsp3) is 0.133. The normalized spacial score (nSPS) is 12.0. The van der Waals surface area contributed by atoms with Gasteiger partial charge in [-0.05, 0) is 23.8 Å². The van der Waals surface area contributed by atoms with Crippen LogP contribution in [-0.4, -0.2) is 4.98 Å². The molecule has 0 saturated heterocycles. The van der Waals surface area contributed by atoms with E-state index >= 15 is 0 Å². The van der Waals surface area contributed by atoms with Crippen molar-refractivity contribution in [1.82, 2.24) is 4.98 Å². The maximum atomic E-state index is 12.6. The predicted molar refractivity (Wildman–Crippen MR) is 75.0 cm³/mol. The number of hydrogen-bond donors (Lipinski definition) is 0. The highest BCUT2D eigenvalue weighted by Gasteiger charge is 2.30. The zero-order chi connectivity index (χ0) is 14.9. The van der Waals surface area contributed by atoms with Crippen LogP contribution < -0.4 is 0 Å². The minimum Gasteiger partial charge on any atom is -0.431 e. The van der Waals surface area contributed by atoms with Crippen molar-refractivity contribution in [3.05, 3.63) is 59.7 Å². The summed E-state index contributed by atoms with van der Waals surface area (Å²) >= 11 is 1.27. The maximum Gasteiger partial charge on any atom is 0.416 e. The number of thioether (sulfide) groups is 1. The Labute approximate surface area is 123 Å². The van der Waals surface area contributed by atoms with Crippen molar-refractivity contribution in [1.29, 1.82) is 0 Å². The van der Waals surface area contributed by atoms with Crippen LogP contribution in [0.2, 0.25) is 0 Å². The first-order valence-electron chi connectivity index (χ1n) is 6.17. The molecule has 0 atom stereocenters. The minimum absolute atomic E-state index is 0.372. The molecule has 0 aliphatic rings. The van der Waals surface area contributed by atoms with Crippen molar-refractivity contribution in [2.75, 3.05) is 0 Å². The number of aromatic nitrogens is 1. The number of para-hydroxylation sites is 2. The van der Waals surface area contributed by atoms with Gasteiger partial charge in [0.05, 0.1) is 5.56 Å². The Morgan fingerprint density at radius 3 is 2.62 bits per heavy atom. The number of fused-ring (bicyclic) bond motifs is 1. The third-order valence-corrected chi connectivity index (χ3v) is 3.79. The van der Waals surface area contributed by atoms with E-state index in [0.29, 0.717) is 22.1 Å². The van der Waals surface area contributed by atoms with Gasteiger partial charge in [-0.1, -0.05) is 42.1 Å². The Morgan fingerprint density at radius 2 is 1.86 bits per heavy atom. The van der Waals surface area contributed by atoms with Crippen molar-refractivity contribution >= 4 is 22.9 Å². The second-order valence-corrected chi connectivity index (χ2v) is 5.36.